The van der Waals surface area contributed by atoms with Gasteiger partial charge in [0.2, 0.25) is 0 Å². The van der Waals surface area contributed by atoms with E-state index < -0.39 is 0 Å². The van der Waals surface area contributed by atoms with Gasteiger partial charge in [0.25, 0.3) is 0 Å². The quantitative estimate of drug-likeness (QED) is 0.495. The van der Waals surface area contributed by atoms with Gasteiger partial charge in [-0.3, -0.25) is 0 Å². The third kappa shape index (κ3) is 3.14. The van der Waals surface area contributed by atoms with Crippen molar-refractivity contribution in [2.45, 2.75) is 44.9 Å². The highest BCUT2D eigenvalue weighted by Crippen LogP contribution is 2.25. The zero-order valence-corrected chi connectivity index (χ0v) is 6.79. The van der Waals surface area contributed by atoms with Gasteiger partial charge in [0.05, 0.1) is 0 Å². The third-order valence-corrected chi connectivity index (χ3v) is 2.38. The number of thiol groups is 1. The van der Waals surface area contributed by atoms with Gasteiger partial charge in [-0.2, -0.15) is 12.6 Å². The normalized spacial score (nSPS) is 25.0. The van der Waals surface area contributed by atoms with Crippen LogP contribution in [0.5, 0.6) is 0 Å². The van der Waals surface area contributed by atoms with Crippen LogP contribution in [0.1, 0.15) is 44.9 Å². The van der Waals surface area contributed by atoms with Crippen LogP contribution in [0.3, 0.4) is 0 Å². The molecule has 9 heavy (non-hydrogen) atoms. The van der Waals surface area contributed by atoms with Crippen LogP contribution in [0.25, 0.3) is 0 Å². The lowest BCUT2D eigenvalue weighted by Crippen LogP contribution is -1.93. The summed E-state index contributed by atoms with van der Waals surface area (Å²) in [6.07, 6.45) is 9.57. The molecule has 0 nitrogen and oxygen atoms in total. The van der Waals surface area contributed by atoms with Crippen molar-refractivity contribution >= 4 is 12.6 Å². The van der Waals surface area contributed by atoms with Gasteiger partial charge >= 0.3 is 0 Å². The van der Waals surface area contributed by atoms with E-state index in [1.54, 1.807) is 0 Å². The summed E-state index contributed by atoms with van der Waals surface area (Å²) in [5.41, 5.74) is 0. The molecule has 53 valence electrons. The minimum Gasteiger partial charge on any atom is -0.171 e. The van der Waals surface area contributed by atoms with Crippen molar-refractivity contribution in [3.8, 4) is 0 Å². The van der Waals surface area contributed by atoms with Crippen LogP contribution in [-0.4, -0.2) is 0 Å². The fraction of sp³-hybridized carbons (Fsp3) is 0.875. The van der Waals surface area contributed by atoms with Crippen molar-refractivity contribution < 1.29 is 0 Å². The first-order valence-corrected chi connectivity index (χ1v) is 4.38. The van der Waals surface area contributed by atoms with Gasteiger partial charge in [-0.25, -0.2) is 0 Å². The molecule has 1 aliphatic rings. The van der Waals surface area contributed by atoms with Gasteiger partial charge in [0.15, 0.2) is 0 Å². The largest absolute Gasteiger partial charge is 0.171 e. The Morgan fingerprint density at radius 1 is 0.778 bits per heavy atom. The molecule has 0 atom stereocenters. The molecule has 1 heteroatoms. The van der Waals surface area contributed by atoms with E-state index in [1.807, 2.05) is 0 Å². The Kier molecular flexibility index (Phi) is 3.49. The fourth-order valence-electron chi connectivity index (χ4n) is 1.31. The highest BCUT2D eigenvalue weighted by Gasteiger charge is 2.05. The van der Waals surface area contributed by atoms with Crippen LogP contribution >= 0.6 is 12.6 Å². The smallest absolute Gasteiger partial charge is 0.0274 e. The SMILES string of the molecule is S[C]1CCCCCCC1. The number of rotatable bonds is 0. The van der Waals surface area contributed by atoms with Crippen LogP contribution in [0, 0.1) is 5.25 Å². The lowest BCUT2D eigenvalue weighted by molar-refractivity contribution is 0.557. The molecule has 0 aromatic rings. The summed E-state index contributed by atoms with van der Waals surface area (Å²) >= 11 is 4.39. The maximum Gasteiger partial charge on any atom is 0.0274 e. The summed E-state index contributed by atoms with van der Waals surface area (Å²) in [7, 11) is 0. The fourth-order valence-corrected chi connectivity index (χ4v) is 1.63. The maximum absolute atomic E-state index is 4.39. The molecular formula is C8H15S. The Balaban J connectivity index is 2.12. The molecule has 1 rings (SSSR count). The van der Waals surface area contributed by atoms with E-state index in [0.717, 1.165) is 0 Å². The molecule has 0 unspecified atom stereocenters. The molecule has 0 amide bonds. The van der Waals surface area contributed by atoms with E-state index in [0.29, 0.717) is 0 Å². The maximum atomic E-state index is 4.39. The summed E-state index contributed by atoms with van der Waals surface area (Å²) in [5, 5.41) is 1.43. The molecule has 0 heterocycles. The van der Waals surface area contributed by atoms with Gasteiger partial charge in [-0.15, -0.1) is 0 Å². The average Bonchev–Trinajstić information content (AvgIpc) is 1.79. The van der Waals surface area contributed by atoms with Crippen LogP contribution < -0.4 is 0 Å². The highest BCUT2D eigenvalue weighted by molar-refractivity contribution is 7.83. The Labute approximate surface area is 63.4 Å². The minimum atomic E-state index is 1.27. The second kappa shape index (κ2) is 4.21. The molecular weight excluding hydrogens is 128 g/mol. The van der Waals surface area contributed by atoms with Crippen LogP contribution in [0.15, 0.2) is 0 Å². The summed E-state index contributed by atoms with van der Waals surface area (Å²) in [6, 6.07) is 0. The zero-order valence-electron chi connectivity index (χ0n) is 5.90. The molecule has 1 radical (unpaired) electrons. The molecule has 0 saturated heterocycles. The number of hydrogen-bond acceptors (Lipinski definition) is 1. The second-order valence-electron chi connectivity index (χ2n) is 2.83. The van der Waals surface area contributed by atoms with Crippen LogP contribution in [0.2, 0.25) is 0 Å². The van der Waals surface area contributed by atoms with Gasteiger partial charge in [-0.05, 0) is 12.8 Å². The average molecular weight is 143 g/mol. The lowest BCUT2D eigenvalue weighted by atomic mass is 10.0. The van der Waals surface area contributed by atoms with E-state index in [2.05, 4.69) is 12.6 Å². The summed E-state index contributed by atoms with van der Waals surface area (Å²) < 4.78 is 0. The van der Waals surface area contributed by atoms with Crippen molar-refractivity contribution in [2.24, 2.45) is 0 Å². The van der Waals surface area contributed by atoms with Gasteiger partial charge < -0.3 is 0 Å². The predicted octanol–water partition coefficient (Wildman–Crippen LogP) is 3.19. The molecule has 0 aromatic carbocycles. The van der Waals surface area contributed by atoms with Crippen LogP contribution in [0.4, 0.5) is 0 Å². The Hall–Kier alpha value is 0.350. The first-order valence-electron chi connectivity index (χ1n) is 3.93. The van der Waals surface area contributed by atoms with E-state index in [-0.39, 0.29) is 0 Å². The van der Waals surface area contributed by atoms with Gasteiger partial charge in [0.1, 0.15) is 0 Å². The second-order valence-corrected chi connectivity index (χ2v) is 3.47. The summed E-state index contributed by atoms with van der Waals surface area (Å²) in [5.74, 6) is 0. The van der Waals surface area contributed by atoms with Crippen molar-refractivity contribution in [1.29, 1.82) is 0 Å². The topological polar surface area (TPSA) is 0 Å². The molecule has 0 aliphatic heterocycles. The van der Waals surface area contributed by atoms with Crippen molar-refractivity contribution in [3.63, 3.8) is 0 Å². The Bertz CT molecular complexity index is 63.0. The van der Waals surface area contributed by atoms with Crippen molar-refractivity contribution in [3.05, 3.63) is 5.25 Å². The van der Waals surface area contributed by atoms with Gasteiger partial charge in [0, 0.05) is 5.25 Å². The van der Waals surface area contributed by atoms with Crippen molar-refractivity contribution in [1.82, 2.24) is 0 Å². The third-order valence-electron chi connectivity index (χ3n) is 1.93. The lowest BCUT2D eigenvalue weighted by Gasteiger charge is -2.12. The van der Waals surface area contributed by atoms with Crippen molar-refractivity contribution in [2.75, 3.05) is 0 Å². The molecule has 0 spiro atoms. The standard InChI is InChI=1S/C8H15S/c9-8-6-4-2-1-3-5-7-8/h9H,1-7H2. The summed E-state index contributed by atoms with van der Waals surface area (Å²) in [6.45, 7) is 0. The highest BCUT2D eigenvalue weighted by atomic mass is 32.1. The Morgan fingerprint density at radius 3 is 1.78 bits per heavy atom. The molecule has 0 N–H and O–H groups in total. The minimum absolute atomic E-state index is 1.27. The van der Waals surface area contributed by atoms with E-state index in [4.69, 9.17) is 0 Å². The zero-order chi connectivity index (χ0) is 6.53. The monoisotopic (exact) mass is 143 g/mol. The molecule has 0 aromatic heterocycles. The predicted molar refractivity (Wildman–Crippen MR) is 44.5 cm³/mol. The molecule has 1 fully saturated rings. The molecule has 1 saturated carbocycles. The van der Waals surface area contributed by atoms with E-state index >= 15 is 0 Å². The van der Waals surface area contributed by atoms with E-state index in [9.17, 15) is 0 Å². The molecule has 1 aliphatic carbocycles. The van der Waals surface area contributed by atoms with Gasteiger partial charge in [-0.1, -0.05) is 32.1 Å². The number of hydrogen-bond donors (Lipinski definition) is 1. The summed E-state index contributed by atoms with van der Waals surface area (Å²) in [4.78, 5) is 0. The first kappa shape index (κ1) is 7.46. The van der Waals surface area contributed by atoms with Crippen LogP contribution in [-0.2, 0) is 0 Å². The Morgan fingerprint density at radius 2 is 1.22 bits per heavy atom. The van der Waals surface area contributed by atoms with E-state index in [1.165, 1.54) is 50.2 Å². The first-order chi connectivity index (χ1) is 4.39. The molecule has 0 bridgehead atoms.